The van der Waals surface area contributed by atoms with Gasteiger partial charge in [-0.15, -0.1) is 0 Å². The lowest BCUT2D eigenvalue weighted by molar-refractivity contribution is 0.0205. The van der Waals surface area contributed by atoms with Gasteiger partial charge >= 0.3 is 0 Å². The summed E-state index contributed by atoms with van der Waals surface area (Å²) < 4.78 is 11.8. The van der Waals surface area contributed by atoms with Crippen LogP contribution in [0.5, 0.6) is 5.75 Å². The van der Waals surface area contributed by atoms with Crippen molar-refractivity contribution in [1.29, 1.82) is 0 Å². The van der Waals surface area contributed by atoms with Gasteiger partial charge in [0.1, 0.15) is 11.9 Å². The number of methoxy groups -OCH3 is 1. The zero-order valence-corrected chi connectivity index (χ0v) is 12.9. The van der Waals surface area contributed by atoms with Gasteiger partial charge < -0.3 is 14.8 Å². The minimum absolute atomic E-state index is 0.282. The Morgan fingerprint density at radius 3 is 2.70 bits per heavy atom. The highest BCUT2D eigenvalue weighted by molar-refractivity contribution is 5.36. The summed E-state index contributed by atoms with van der Waals surface area (Å²) in [4.78, 5) is 0. The molecular weight excluding hydrogens is 250 g/mol. The summed E-state index contributed by atoms with van der Waals surface area (Å²) in [6.45, 7) is 2.19. The number of hydrogen-bond donors (Lipinski definition) is 1. The topological polar surface area (TPSA) is 30.5 Å². The van der Waals surface area contributed by atoms with Crippen LogP contribution in [-0.4, -0.2) is 26.4 Å². The zero-order chi connectivity index (χ0) is 14.4. The second-order valence-corrected chi connectivity index (χ2v) is 5.55. The Bertz CT molecular complexity index is 404. The van der Waals surface area contributed by atoms with Crippen LogP contribution in [0.25, 0.3) is 0 Å². The first kappa shape index (κ1) is 15.3. The van der Waals surface area contributed by atoms with Crippen LogP contribution in [0, 0.1) is 0 Å². The molecule has 0 aromatic heterocycles. The smallest absolute Gasteiger partial charge is 0.124 e. The zero-order valence-electron chi connectivity index (χ0n) is 12.9. The first-order valence-corrected chi connectivity index (χ1v) is 7.74. The molecule has 3 unspecified atom stereocenters. The summed E-state index contributed by atoms with van der Waals surface area (Å²) in [5.74, 6) is 1.02. The number of nitrogens with one attached hydrogen (secondary N) is 1. The Balaban J connectivity index is 2.08. The van der Waals surface area contributed by atoms with Crippen molar-refractivity contribution >= 4 is 0 Å². The van der Waals surface area contributed by atoms with Crippen LogP contribution in [0.4, 0.5) is 0 Å². The van der Waals surface area contributed by atoms with Crippen molar-refractivity contribution in [3.63, 3.8) is 0 Å². The Hall–Kier alpha value is -1.06. The number of benzene rings is 1. The van der Waals surface area contributed by atoms with Crippen LogP contribution in [0.15, 0.2) is 24.3 Å². The molecule has 1 aliphatic carbocycles. The minimum Gasteiger partial charge on any atom is -0.490 e. The standard InChI is InChI=1S/C17H27NO2/c1-4-16(18-2)15-10-5-6-11-17(15)20-14-9-7-8-13(12-14)19-3/h5-6,10-11,13-14,16,18H,4,7-9,12H2,1-3H3. The van der Waals surface area contributed by atoms with Gasteiger partial charge in [0.05, 0.1) is 6.10 Å². The van der Waals surface area contributed by atoms with E-state index in [0.717, 1.165) is 31.4 Å². The third-order valence-corrected chi connectivity index (χ3v) is 4.26. The molecule has 0 aliphatic heterocycles. The van der Waals surface area contributed by atoms with Crippen LogP contribution in [0.2, 0.25) is 0 Å². The fourth-order valence-electron chi connectivity index (χ4n) is 3.06. The minimum atomic E-state index is 0.282. The molecule has 0 heterocycles. The lowest BCUT2D eigenvalue weighted by Gasteiger charge is -2.30. The van der Waals surface area contributed by atoms with E-state index in [1.807, 2.05) is 7.05 Å². The number of para-hydroxylation sites is 1. The van der Waals surface area contributed by atoms with Gasteiger partial charge in [-0.1, -0.05) is 25.1 Å². The quantitative estimate of drug-likeness (QED) is 0.860. The summed E-state index contributed by atoms with van der Waals surface area (Å²) in [5, 5.41) is 3.36. The predicted molar refractivity (Wildman–Crippen MR) is 82.2 cm³/mol. The number of rotatable bonds is 6. The van der Waals surface area contributed by atoms with E-state index in [-0.39, 0.29) is 6.10 Å². The Labute approximate surface area is 122 Å². The molecule has 0 radical (unpaired) electrons. The van der Waals surface area contributed by atoms with Gasteiger partial charge in [-0.3, -0.25) is 0 Å². The van der Waals surface area contributed by atoms with E-state index in [0.29, 0.717) is 12.1 Å². The van der Waals surface area contributed by atoms with Gasteiger partial charge in [-0.2, -0.15) is 0 Å². The van der Waals surface area contributed by atoms with Crippen LogP contribution in [-0.2, 0) is 4.74 Å². The van der Waals surface area contributed by atoms with Crippen molar-refractivity contribution in [2.24, 2.45) is 0 Å². The molecule has 20 heavy (non-hydrogen) atoms. The average molecular weight is 277 g/mol. The number of ether oxygens (including phenoxy) is 2. The van der Waals surface area contributed by atoms with E-state index in [2.05, 4.69) is 36.5 Å². The maximum absolute atomic E-state index is 6.28. The Morgan fingerprint density at radius 1 is 1.25 bits per heavy atom. The van der Waals surface area contributed by atoms with E-state index in [1.54, 1.807) is 7.11 Å². The van der Waals surface area contributed by atoms with Crippen LogP contribution >= 0.6 is 0 Å². The van der Waals surface area contributed by atoms with Gasteiger partial charge in [-0.05, 0) is 38.8 Å². The first-order valence-electron chi connectivity index (χ1n) is 7.74. The second-order valence-electron chi connectivity index (χ2n) is 5.55. The third-order valence-electron chi connectivity index (χ3n) is 4.26. The largest absolute Gasteiger partial charge is 0.490 e. The fourth-order valence-corrected chi connectivity index (χ4v) is 3.06. The lowest BCUT2D eigenvalue weighted by Crippen LogP contribution is -2.30. The molecule has 1 saturated carbocycles. The summed E-state index contributed by atoms with van der Waals surface area (Å²) >= 11 is 0. The third kappa shape index (κ3) is 3.74. The van der Waals surface area contributed by atoms with Crippen molar-refractivity contribution < 1.29 is 9.47 Å². The molecule has 1 aromatic carbocycles. The molecule has 3 atom stereocenters. The van der Waals surface area contributed by atoms with Crippen molar-refractivity contribution in [2.45, 2.75) is 57.3 Å². The molecule has 1 aliphatic rings. The molecule has 3 heteroatoms. The molecule has 3 nitrogen and oxygen atoms in total. The normalized spacial score (nSPS) is 24.4. The van der Waals surface area contributed by atoms with Crippen molar-refractivity contribution in [3.05, 3.63) is 29.8 Å². The van der Waals surface area contributed by atoms with E-state index < -0.39 is 0 Å². The predicted octanol–water partition coefficient (Wildman–Crippen LogP) is 3.69. The molecule has 1 aromatic rings. The van der Waals surface area contributed by atoms with Crippen molar-refractivity contribution in [3.8, 4) is 5.75 Å². The SMILES string of the molecule is CCC(NC)c1ccccc1OC1CCCC(OC)C1. The summed E-state index contributed by atoms with van der Waals surface area (Å²) in [7, 11) is 3.81. The molecular formula is C17H27NO2. The summed E-state index contributed by atoms with van der Waals surface area (Å²) in [5.41, 5.74) is 1.26. The molecule has 112 valence electrons. The highest BCUT2D eigenvalue weighted by atomic mass is 16.5. The maximum Gasteiger partial charge on any atom is 0.124 e. The Morgan fingerprint density at radius 2 is 2.00 bits per heavy atom. The van der Waals surface area contributed by atoms with Crippen LogP contribution < -0.4 is 10.1 Å². The van der Waals surface area contributed by atoms with Crippen molar-refractivity contribution in [2.75, 3.05) is 14.2 Å². The van der Waals surface area contributed by atoms with E-state index in [1.165, 1.54) is 12.0 Å². The van der Waals surface area contributed by atoms with Gasteiger partial charge in [0, 0.05) is 25.1 Å². The lowest BCUT2D eigenvalue weighted by atomic mass is 9.94. The monoisotopic (exact) mass is 277 g/mol. The van der Waals surface area contributed by atoms with E-state index in [9.17, 15) is 0 Å². The van der Waals surface area contributed by atoms with Crippen LogP contribution in [0.3, 0.4) is 0 Å². The molecule has 1 N–H and O–H groups in total. The highest BCUT2D eigenvalue weighted by Crippen LogP contribution is 2.31. The highest BCUT2D eigenvalue weighted by Gasteiger charge is 2.24. The molecule has 0 amide bonds. The van der Waals surface area contributed by atoms with E-state index >= 15 is 0 Å². The molecule has 1 fully saturated rings. The summed E-state index contributed by atoms with van der Waals surface area (Å²) in [6, 6.07) is 8.74. The fraction of sp³-hybridized carbons (Fsp3) is 0.647. The number of hydrogen-bond acceptors (Lipinski definition) is 3. The van der Waals surface area contributed by atoms with Gasteiger partial charge in [0.25, 0.3) is 0 Å². The first-order chi connectivity index (χ1) is 9.78. The molecule has 0 saturated heterocycles. The van der Waals surface area contributed by atoms with E-state index in [4.69, 9.17) is 9.47 Å². The molecule has 0 spiro atoms. The van der Waals surface area contributed by atoms with Gasteiger partial charge in [-0.25, -0.2) is 0 Å². The average Bonchev–Trinajstić information content (AvgIpc) is 2.50. The van der Waals surface area contributed by atoms with Gasteiger partial charge in [0.2, 0.25) is 0 Å². The molecule has 2 rings (SSSR count). The van der Waals surface area contributed by atoms with Crippen molar-refractivity contribution in [1.82, 2.24) is 5.32 Å². The van der Waals surface area contributed by atoms with Gasteiger partial charge in [0.15, 0.2) is 0 Å². The summed E-state index contributed by atoms with van der Waals surface area (Å²) in [6.07, 6.45) is 6.17. The Kier molecular flexibility index (Phi) is 5.86. The molecule has 0 bridgehead atoms. The maximum atomic E-state index is 6.28. The second kappa shape index (κ2) is 7.65. The van der Waals surface area contributed by atoms with Crippen LogP contribution in [0.1, 0.15) is 50.6 Å².